The Morgan fingerprint density at radius 3 is 2.89 bits per heavy atom. The van der Waals surface area contributed by atoms with E-state index in [1.54, 1.807) is 36.6 Å². The Morgan fingerprint density at radius 1 is 1.42 bits per heavy atom. The van der Waals surface area contributed by atoms with Gasteiger partial charge in [0.15, 0.2) is 6.29 Å². The zero-order valence-corrected chi connectivity index (χ0v) is 11.7. The van der Waals surface area contributed by atoms with E-state index in [1.165, 1.54) is 4.88 Å². The maximum Gasteiger partial charge on any atom is 0.153 e. The van der Waals surface area contributed by atoms with E-state index in [0.717, 1.165) is 18.4 Å². The predicted octanol–water partition coefficient (Wildman–Crippen LogP) is 2.89. The van der Waals surface area contributed by atoms with Crippen molar-refractivity contribution < 1.29 is 14.3 Å². The molecular formula is C14H15NO3S. The Balaban J connectivity index is 2.02. The van der Waals surface area contributed by atoms with Crippen molar-refractivity contribution in [3.63, 3.8) is 0 Å². The van der Waals surface area contributed by atoms with Crippen LogP contribution in [0.4, 0.5) is 0 Å². The van der Waals surface area contributed by atoms with Gasteiger partial charge >= 0.3 is 0 Å². The van der Waals surface area contributed by atoms with Crippen LogP contribution in [0.2, 0.25) is 0 Å². The number of ether oxygens (including phenoxy) is 2. The van der Waals surface area contributed by atoms with E-state index >= 15 is 0 Å². The van der Waals surface area contributed by atoms with E-state index in [0.29, 0.717) is 23.7 Å². The van der Waals surface area contributed by atoms with Gasteiger partial charge in [-0.25, -0.2) is 4.98 Å². The third-order valence-electron chi connectivity index (χ3n) is 2.78. The molecule has 0 amide bonds. The Kier molecular flexibility index (Phi) is 4.52. The van der Waals surface area contributed by atoms with Crippen molar-refractivity contribution in [3.05, 3.63) is 39.8 Å². The monoisotopic (exact) mass is 277 g/mol. The SMILES string of the molecule is COc1ccc(C=O)c(OCCc2scnc2C)c1. The van der Waals surface area contributed by atoms with Gasteiger partial charge in [0.25, 0.3) is 0 Å². The number of aldehydes is 1. The summed E-state index contributed by atoms with van der Waals surface area (Å²) in [5, 5.41) is 0. The fourth-order valence-corrected chi connectivity index (χ4v) is 2.45. The lowest BCUT2D eigenvalue weighted by Gasteiger charge is -2.09. The standard InChI is InChI=1S/C14H15NO3S/c1-10-14(19-9-15-10)5-6-18-13-7-12(17-2)4-3-11(13)8-16/h3-4,7-9H,5-6H2,1-2H3. The zero-order chi connectivity index (χ0) is 13.7. The Hall–Kier alpha value is -1.88. The number of carbonyl (C=O) groups excluding carboxylic acids is 1. The first-order valence-corrected chi connectivity index (χ1v) is 6.77. The molecule has 1 aromatic carbocycles. The number of hydrogen-bond donors (Lipinski definition) is 0. The molecule has 2 rings (SSSR count). The molecule has 1 heterocycles. The number of methoxy groups -OCH3 is 1. The van der Waals surface area contributed by atoms with Gasteiger partial charge in [0, 0.05) is 17.4 Å². The highest BCUT2D eigenvalue weighted by atomic mass is 32.1. The lowest BCUT2D eigenvalue weighted by atomic mass is 10.2. The fourth-order valence-electron chi connectivity index (χ4n) is 1.68. The van der Waals surface area contributed by atoms with E-state index in [2.05, 4.69) is 4.98 Å². The minimum Gasteiger partial charge on any atom is -0.497 e. The predicted molar refractivity (Wildman–Crippen MR) is 74.4 cm³/mol. The van der Waals surface area contributed by atoms with Crippen LogP contribution in [-0.4, -0.2) is 25.0 Å². The summed E-state index contributed by atoms with van der Waals surface area (Å²) < 4.78 is 10.8. The third kappa shape index (κ3) is 3.32. The average Bonchev–Trinajstić information content (AvgIpc) is 2.84. The maximum absolute atomic E-state index is 10.9. The number of aryl methyl sites for hydroxylation is 1. The van der Waals surface area contributed by atoms with Crippen LogP contribution in [0, 0.1) is 6.92 Å². The van der Waals surface area contributed by atoms with Crippen LogP contribution in [0.3, 0.4) is 0 Å². The van der Waals surface area contributed by atoms with Crippen molar-refractivity contribution in [1.29, 1.82) is 0 Å². The summed E-state index contributed by atoms with van der Waals surface area (Å²) in [6.45, 7) is 2.49. The quantitative estimate of drug-likeness (QED) is 0.762. The molecule has 0 aliphatic heterocycles. The molecule has 19 heavy (non-hydrogen) atoms. The maximum atomic E-state index is 10.9. The van der Waals surface area contributed by atoms with Gasteiger partial charge in [-0.15, -0.1) is 11.3 Å². The number of thiazole rings is 1. The highest BCUT2D eigenvalue weighted by molar-refractivity contribution is 7.09. The summed E-state index contributed by atoms with van der Waals surface area (Å²) in [5.74, 6) is 1.23. The third-order valence-corrected chi connectivity index (χ3v) is 3.77. The summed E-state index contributed by atoms with van der Waals surface area (Å²) in [4.78, 5) is 16.3. The first-order chi connectivity index (χ1) is 9.24. The van der Waals surface area contributed by atoms with Gasteiger partial charge in [-0.2, -0.15) is 0 Å². The van der Waals surface area contributed by atoms with Gasteiger partial charge in [0.2, 0.25) is 0 Å². The van der Waals surface area contributed by atoms with E-state index in [4.69, 9.17) is 9.47 Å². The van der Waals surface area contributed by atoms with Crippen LogP contribution in [-0.2, 0) is 6.42 Å². The molecule has 1 aromatic heterocycles. The molecule has 0 saturated carbocycles. The number of nitrogens with zero attached hydrogens (tertiary/aromatic N) is 1. The van der Waals surface area contributed by atoms with Crippen molar-refractivity contribution in [2.24, 2.45) is 0 Å². The minimum atomic E-state index is 0.511. The lowest BCUT2D eigenvalue weighted by molar-refractivity contribution is 0.111. The van der Waals surface area contributed by atoms with Gasteiger partial charge < -0.3 is 9.47 Å². The highest BCUT2D eigenvalue weighted by Gasteiger charge is 2.06. The number of benzene rings is 1. The fraction of sp³-hybridized carbons (Fsp3) is 0.286. The molecule has 0 fully saturated rings. The normalized spacial score (nSPS) is 10.2. The molecule has 2 aromatic rings. The van der Waals surface area contributed by atoms with Crippen molar-refractivity contribution in [2.75, 3.05) is 13.7 Å². The van der Waals surface area contributed by atoms with E-state index < -0.39 is 0 Å². The van der Waals surface area contributed by atoms with E-state index in [9.17, 15) is 4.79 Å². The minimum absolute atomic E-state index is 0.511. The van der Waals surface area contributed by atoms with Gasteiger partial charge in [-0.05, 0) is 19.1 Å². The summed E-state index contributed by atoms with van der Waals surface area (Å²) in [6.07, 6.45) is 1.57. The van der Waals surface area contributed by atoms with Crippen molar-refractivity contribution in [2.45, 2.75) is 13.3 Å². The molecule has 0 unspecified atom stereocenters. The molecule has 0 spiro atoms. The average molecular weight is 277 g/mol. The Bertz CT molecular complexity index is 566. The van der Waals surface area contributed by atoms with Crippen molar-refractivity contribution in [3.8, 4) is 11.5 Å². The first kappa shape index (κ1) is 13.5. The summed E-state index contributed by atoms with van der Waals surface area (Å²) >= 11 is 1.62. The lowest BCUT2D eigenvalue weighted by Crippen LogP contribution is -2.03. The molecule has 0 radical (unpaired) electrons. The molecule has 0 bridgehead atoms. The highest BCUT2D eigenvalue weighted by Crippen LogP contribution is 2.24. The molecule has 5 heteroatoms. The van der Waals surface area contributed by atoms with Crippen LogP contribution < -0.4 is 9.47 Å². The van der Waals surface area contributed by atoms with Crippen LogP contribution >= 0.6 is 11.3 Å². The summed E-state index contributed by atoms with van der Waals surface area (Å²) in [7, 11) is 1.58. The van der Waals surface area contributed by atoms with Gasteiger partial charge in [0.05, 0.1) is 30.5 Å². The van der Waals surface area contributed by atoms with Crippen LogP contribution in [0.5, 0.6) is 11.5 Å². The second-order valence-corrected chi connectivity index (χ2v) is 4.92. The number of rotatable bonds is 6. The molecule has 0 aliphatic carbocycles. The molecule has 0 atom stereocenters. The second kappa shape index (κ2) is 6.33. The van der Waals surface area contributed by atoms with Crippen molar-refractivity contribution >= 4 is 17.6 Å². The van der Waals surface area contributed by atoms with Crippen LogP contribution in [0.15, 0.2) is 23.7 Å². The second-order valence-electron chi connectivity index (χ2n) is 3.98. The molecule has 0 N–H and O–H groups in total. The molecule has 0 aliphatic rings. The van der Waals surface area contributed by atoms with Crippen molar-refractivity contribution in [1.82, 2.24) is 4.98 Å². The van der Waals surface area contributed by atoms with E-state index in [-0.39, 0.29) is 0 Å². The molecular weight excluding hydrogens is 262 g/mol. The Labute approximate surface area is 116 Å². The number of aromatic nitrogens is 1. The molecule has 4 nitrogen and oxygen atoms in total. The van der Waals surface area contributed by atoms with Gasteiger partial charge in [0.1, 0.15) is 11.5 Å². The molecule has 0 saturated heterocycles. The smallest absolute Gasteiger partial charge is 0.153 e. The summed E-state index contributed by atoms with van der Waals surface area (Å²) in [5.41, 5.74) is 3.39. The number of hydrogen-bond acceptors (Lipinski definition) is 5. The van der Waals surface area contributed by atoms with Gasteiger partial charge in [-0.1, -0.05) is 0 Å². The van der Waals surface area contributed by atoms with Gasteiger partial charge in [-0.3, -0.25) is 4.79 Å². The molecule has 100 valence electrons. The number of carbonyl (C=O) groups is 1. The summed E-state index contributed by atoms with van der Waals surface area (Å²) in [6, 6.07) is 5.16. The first-order valence-electron chi connectivity index (χ1n) is 5.89. The van der Waals surface area contributed by atoms with Crippen LogP contribution in [0.25, 0.3) is 0 Å². The topological polar surface area (TPSA) is 48.4 Å². The largest absolute Gasteiger partial charge is 0.497 e. The zero-order valence-electron chi connectivity index (χ0n) is 10.9. The van der Waals surface area contributed by atoms with Crippen LogP contribution in [0.1, 0.15) is 20.9 Å². The van der Waals surface area contributed by atoms with E-state index in [1.807, 2.05) is 12.4 Å². The Morgan fingerprint density at radius 2 is 2.26 bits per heavy atom.